The monoisotopic (exact) mass is 415 g/mol. The zero-order chi connectivity index (χ0) is 19.7. The summed E-state index contributed by atoms with van der Waals surface area (Å²) in [5.74, 6) is -0.488. The minimum Gasteiger partial charge on any atom is -0.459 e. The SMILES string of the molecule is O=C(CN=C1NS(=O)(=O)c2ccccc21)OCc1cc2ccccc2nc1Cl. The molecule has 1 aliphatic heterocycles. The standard InChI is InChI=1S/C19H14ClN3O4S/c20-18-13(9-12-5-1-3-7-15(12)22-18)11-27-17(24)10-21-19-14-6-2-4-8-16(14)28(25,26)23-19/h1-9H,10-11H2,(H,21,23). The summed E-state index contributed by atoms with van der Waals surface area (Å²) in [7, 11) is -3.64. The Hall–Kier alpha value is -2.97. The largest absolute Gasteiger partial charge is 0.459 e. The summed E-state index contributed by atoms with van der Waals surface area (Å²) in [5.41, 5.74) is 1.76. The lowest BCUT2D eigenvalue weighted by Gasteiger charge is -2.07. The van der Waals surface area contributed by atoms with Gasteiger partial charge in [-0.2, -0.15) is 0 Å². The van der Waals surface area contributed by atoms with Crippen LogP contribution in [0.3, 0.4) is 0 Å². The first-order chi connectivity index (χ1) is 13.4. The van der Waals surface area contributed by atoms with E-state index in [-0.39, 0.29) is 29.0 Å². The molecule has 28 heavy (non-hydrogen) atoms. The summed E-state index contributed by atoms with van der Waals surface area (Å²) in [6, 6.07) is 15.7. The van der Waals surface area contributed by atoms with Gasteiger partial charge in [0.1, 0.15) is 24.1 Å². The molecule has 0 spiro atoms. The molecule has 0 aliphatic carbocycles. The first-order valence-electron chi connectivity index (χ1n) is 8.30. The van der Waals surface area contributed by atoms with E-state index in [1.165, 1.54) is 6.07 Å². The fourth-order valence-corrected chi connectivity index (χ4v) is 4.29. The van der Waals surface area contributed by atoms with Crippen LogP contribution in [-0.2, 0) is 26.2 Å². The highest BCUT2D eigenvalue weighted by molar-refractivity contribution is 7.90. The van der Waals surface area contributed by atoms with Crippen molar-refractivity contribution in [2.75, 3.05) is 6.54 Å². The van der Waals surface area contributed by atoms with Crippen molar-refractivity contribution in [2.45, 2.75) is 11.5 Å². The highest BCUT2D eigenvalue weighted by atomic mass is 35.5. The molecule has 0 saturated heterocycles. The highest BCUT2D eigenvalue weighted by Gasteiger charge is 2.30. The Balaban J connectivity index is 1.45. The maximum atomic E-state index is 12.1. The van der Waals surface area contributed by atoms with Crippen molar-refractivity contribution in [3.05, 3.63) is 70.9 Å². The molecule has 0 amide bonds. The average molecular weight is 416 g/mol. The van der Waals surface area contributed by atoms with Crippen LogP contribution in [0, 0.1) is 0 Å². The van der Waals surface area contributed by atoms with Gasteiger partial charge in [-0.05, 0) is 24.3 Å². The van der Waals surface area contributed by atoms with Crippen LogP contribution in [0.5, 0.6) is 0 Å². The number of rotatable bonds is 4. The topological polar surface area (TPSA) is 97.7 Å². The van der Waals surface area contributed by atoms with Crippen molar-refractivity contribution in [1.29, 1.82) is 0 Å². The van der Waals surface area contributed by atoms with Crippen molar-refractivity contribution >= 4 is 44.3 Å². The zero-order valence-corrected chi connectivity index (χ0v) is 16.0. The van der Waals surface area contributed by atoms with Crippen molar-refractivity contribution in [3.8, 4) is 0 Å². The number of halogens is 1. The van der Waals surface area contributed by atoms with Crippen LogP contribution in [0.25, 0.3) is 10.9 Å². The smallest absolute Gasteiger partial charge is 0.328 e. The number of aromatic nitrogens is 1. The Morgan fingerprint density at radius 3 is 2.75 bits per heavy atom. The third-order valence-corrected chi connectivity index (χ3v) is 5.89. The van der Waals surface area contributed by atoms with E-state index in [4.69, 9.17) is 16.3 Å². The van der Waals surface area contributed by atoms with E-state index in [1.807, 2.05) is 30.3 Å². The van der Waals surface area contributed by atoms with Gasteiger partial charge in [-0.3, -0.25) is 14.5 Å². The van der Waals surface area contributed by atoms with Gasteiger partial charge in [0.15, 0.2) is 0 Å². The Bertz CT molecular complexity index is 1220. The maximum Gasteiger partial charge on any atom is 0.328 e. The molecule has 0 unspecified atom stereocenters. The number of carbonyl (C=O) groups is 1. The molecule has 0 saturated carbocycles. The first-order valence-corrected chi connectivity index (χ1v) is 10.2. The molecule has 1 aliphatic rings. The second-order valence-electron chi connectivity index (χ2n) is 6.06. The number of sulfonamides is 1. The number of aliphatic imine (C=N–C) groups is 1. The number of pyridine rings is 1. The highest BCUT2D eigenvalue weighted by Crippen LogP contribution is 2.23. The normalized spacial score (nSPS) is 16.0. The van der Waals surface area contributed by atoms with E-state index in [0.717, 1.165) is 10.9 Å². The second-order valence-corrected chi connectivity index (χ2v) is 8.07. The van der Waals surface area contributed by atoms with Gasteiger partial charge in [0.25, 0.3) is 10.0 Å². The minimum atomic E-state index is -3.64. The van der Waals surface area contributed by atoms with Gasteiger partial charge >= 0.3 is 5.97 Å². The number of nitrogens with one attached hydrogen (secondary N) is 1. The molecule has 4 rings (SSSR count). The number of fused-ring (bicyclic) bond motifs is 2. The summed E-state index contributed by atoms with van der Waals surface area (Å²) in [6.45, 7) is -0.381. The number of carbonyl (C=O) groups excluding carboxylic acids is 1. The molecule has 7 nitrogen and oxygen atoms in total. The number of amidine groups is 1. The molecule has 0 bridgehead atoms. The van der Waals surface area contributed by atoms with Gasteiger partial charge in [-0.1, -0.05) is 41.9 Å². The number of para-hydroxylation sites is 1. The predicted octanol–water partition coefficient (Wildman–Crippen LogP) is 2.67. The van der Waals surface area contributed by atoms with Crippen LogP contribution < -0.4 is 4.72 Å². The summed E-state index contributed by atoms with van der Waals surface area (Å²) in [6.07, 6.45) is 0. The van der Waals surface area contributed by atoms with E-state index < -0.39 is 16.0 Å². The minimum absolute atomic E-state index is 0.0529. The fraction of sp³-hybridized carbons (Fsp3) is 0.105. The van der Waals surface area contributed by atoms with Gasteiger partial charge in [0, 0.05) is 16.5 Å². The van der Waals surface area contributed by atoms with Crippen LogP contribution in [-0.4, -0.2) is 31.8 Å². The Morgan fingerprint density at radius 2 is 1.89 bits per heavy atom. The molecular formula is C19H14ClN3O4S. The number of nitrogens with zero attached hydrogens (tertiary/aromatic N) is 2. The van der Waals surface area contributed by atoms with E-state index in [2.05, 4.69) is 14.7 Å². The van der Waals surface area contributed by atoms with Crippen molar-refractivity contribution in [1.82, 2.24) is 9.71 Å². The van der Waals surface area contributed by atoms with Crippen molar-refractivity contribution in [3.63, 3.8) is 0 Å². The zero-order valence-electron chi connectivity index (χ0n) is 14.4. The van der Waals surface area contributed by atoms with Gasteiger partial charge in [0.05, 0.1) is 10.4 Å². The van der Waals surface area contributed by atoms with Crippen LogP contribution >= 0.6 is 11.6 Å². The molecule has 9 heteroatoms. The van der Waals surface area contributed by atoms with E-state index >= 15 is 0 Å². The lowest BCUT2D eigenvalue weighted by atomic mass is 10.2. The molecule has 0 fully saturated rings. The Morgan fingerprint density at radius 1 is 1.14 bits per heavy atom. The van der Waals surface area contributed by atoms with Gasteiger partial charge in [-0.25, -0.2) is 13.4 Å². The van der Waals surface area contributed by atoms with Gasteiger partial charge < -0.3 is 4.74 Å². The molecule has 3 aromatic rings. The Kier molecular flexibility index (Phi) is 4.74. The number of hydrogen-bond donors (Lipinski definition) is 1. The lowest BCUT2D eigenvalue weighted by Crippen LogP contribution is -2.23. The number of benzene rings is 2. The number of ether oxygens (including phenoxy) is 1. The third-order valence-electron chi connectivity index (χ3n) is 4.17. The molecule has 1 N–H and O–H groups in total. The van der Waals surface area contributed by atoms with Crippen LogP contribution in [0.15, 0.2) is 64.5 Å². The van der Waals surface area contributed by atoms with E-state index in [9.17, 15) is 13.2 Å². The van der Waals surface area contributed by atoms with Gasteiger partial charge in [-0.15, -0.1) is 0 Å². The Labute approximate surface area is 166 Å². The molecule has 2 heterocycles. The summed E-state index contributed by atoms with van der Waals surface area (Å²) < 4.78 is 31.6. The maximum absolute atomic E-state index is 12.1. The van der Waals surface area contributed by atoms with Crippen molar-refractivity contribution in [2.24, 2.45) is 4.99 Å². The fourth-order valence-electron chi connectivity index (χ4n) is 2.84. The summed E-state index contributed by atoms with van der Waals surface area (Å²) >= 11 is 6.15. The number of esters is 1. The molecule has 0 radical (unpaired) electrons. The molecule has 1 aromatic heterocycles. The van der Waals surface area contributed by atoms with Crippen LogP contribution in [0.2, 0.25) is 5.15 Å². The van der Waals surface area contributed by atoms with E-state index in [0.29, 0.717) is 11.1 Å². The quantitative estimate of drug-likeness (QED) is 0.522. The first kappa shape index (κ1) is 18.4. The molecule has 142 valence electrons. The molecule has 0 atom stereocenters. The molecule has 2 aromatic carbocycles. The summed E-state index contributed by atoms with van der Waals surface area (Å²) in [4.78, 5) is 20.5. The van der Waals surface area contributed by atoms with E-state index in [1.54, 1.807) is 18.2 Å². The van der Waals surface area contributed by atoms with Crippen LogP contribution in [0.1, 0.15) is 11.1 Å². The third kappa shape index (κ3) is 3.56. The predicted molar refractivity (Wildman–Crippen MR) is 105 cm³/mol. The van der Waals surface area contributed by atoms with Gasteiger partial charge in [0.2, 0.25) is 0 Å². The van der Waals surface area contributed by atoms with Crippen molar-refractivity contribution < 1.29 is 17.9 Å². The molecular weight excluding hydrogens is 402 g/mol. The number of hydrogen-bond acceptors (Lipinski definition) is 6. The average Bonchev–Trinajstić information content (AvgIpc) is 2.95. The lowest BCUT2D eigenvalue weighted by molar-refractivity contribution is -0.143. The summed E-state index contributed by atoms with van der Waals surface area (Å²) in [5, 5.41) is 1.14. The second kappa shape index (κ2) is 7.21. The van der Waals surface area contributed by atoms with Crippen LogP contribution in [0.4, 0.5) is 0 Å².